The minimum atomic E-state index is -0.317. The third-order valence-electron chi connectivity index (χ3n) is 3.70. The number of carbonyl (C=O) groups excluding carboxylic acids is 1. The maximum atomic E-state index is 12.2. The van der Waals surface area contributed by atoms with Gasteiger partial charge in [0, 0.05) is 28.5 Å². The summed E-state index contributed by atoms with van der Waals surface area (Å²) in [5, 5.41) is 3.25. The lowest BCUT2D eigenvalue weighted by molar-refractivity contribution is 0.102. The molecule has 7 nitrogen and oxygen atoms in total. The van der Waals surface area contributed by atoms with Crippen LogP contribution in [0.3, 0.4) is 0 Å². The average molecular weight is 393 g/mol. The van der Waals surface area contributed by atoms with Crippen molar-refractivity contribution in [2.75, 3.05) is 5.32 Å². The van der Waals surface area contributed by atoms with Gasteiger partial charge in [0.15, 0.2) is 0 Å². The van der Waals surface area contributed by atoms with Crippen molar-refractivity contribution in [1.82, 2.24) is 15.0 Å². The van der Waals surface area contributed by atoms with E-state index >= 15 is 0 Å². The molecule has 0 saturated carbocycles. The third kappa shape index (κ3) is 4.16. The fraction of sp³-hybridized carbons (Fsp3) is 0. The van der Waals surface area contributed by atoms with Crippen LogP contribution in [0.4, 0.5) is 5.95 Å². The molecule has 2 aromatic carbocycles. The number of benzene rings is 2. The highest BCUT2D eigenvalue weighted by molar-refractivity contribution is 6.30. The van der Waals surface area contributed by atoms with Crippen molar-refractivity contribution in [2.24, 2.45) is 0 Å². The number of nitrogens with one attached hydrogen (secondary N) is 1. The summed E-state index contributed by atoms with van der Waals surface area (Å²) in [4.78, 5) is 24.3. The van der Waals surface area contributed by atoms with Gasteiger partial charge >= 0.3 is 5.95 Å². The van der Waals surface area contributed by atoms with Crippen LogP contribution < -0.4 is 10.1 Å². The van der Waals surface area contributed by atoms with Crippen molar-refractivity contribution in [1.29, 1.82) is 0 Å². The third-order valence-corrected chi connectivity index (χ3v) is 3.95. The van der Waals surface area contributed by atoms with Crippen LogP contribution in [0.25, 0.3) is 11.5 Å². The Balaban J connectivity index is 1.42. The molecule has 0 fully saturated rings. The molecule has 0 atom stereocenters. The van der Waals surface area contributed by atoms with Gasteiger partial charge in [-0.15, -0.1) is 0 Å². The Morgan fingerprint density at radius 3 is 2.39 bits per heavy atom. The normalized spacial score (nSPS) is 10.5. The predicted octanol–water partition coefficient (Wildman–Crippen LogP) is 4.83. The minimum Gasteiger partial charge on any atom is -0.425 e. The molecule has 0 aliphatic carbocycles. The van der Waals surface area contributed by atoms with Crippen LogP contribution >= 0.6 is 11.6 Å². The van der Waals surface area contributed by atoms with Crippen molar-refractivity contribution >= 4 is 23.5 Å². The van der Waals surface area contributed by atoms with Gasteiger partial charge in [0.1, 0.15) is 11.9 Å². The largest absolute Gasteiger partial charge is 0.425 e. The first-order chi connectivity index (χ1) is 13.7. The first-order valence-electron chi connectivity index (χ1n) is 8.25. The van der Waals surface area contributed by atoms with Gasteiger partial charge in [-0.3, -0.25) is 10.1 Å². The summed E-state index contributed by atoms with van der Waals surface area (Å²) >= 11 is 5.88. The number of halogens is 1. The highest BCUT2D eigenvalue weighted by Gasteiger charge is 2.10. The summed E-state index contributed by atoms with van der Waals surface area (Å²) in [6.07, 6.45) is 4.59. The SMILES string of the molecule is O=C(Nc1ncccn1)c1ccc(Oc2cnc(-c3ccc(Cl)cc3)o2)cc1. The number of amides is 1. The second kappa shape index (κ2) is 7.89. The second-order valence-corrected chi connectivity index (χ2v) is 6.08. The monoisotopic (exact) mass is 392 g/mol. The van der Waals surface area contributed by atoms with E-state index < -0.39 is 0 Å². The number of aromatic nitrogens is 3. The molecular formula is C20H13ClN4O3. The van der Waals surface area contributed by atoms with E-state index in [1.54, 1.807) is 54.9 Å². The Kier molecular flexibility index (Phi) is 4.99. The van der Waals surface area contributed by atoms with Crippen LogP contribution in [0.2, 0.25) is 5.02 Å². The lowest BCUT2D eigenvalue weighted by atomic mass is 10.2. The summed E-state index contributed by atoms with van der Waals surface area (Å²) in [5.41, 5.74) is 1.23. The Bertz CT molecular complexity index is 1080. The molecule has 0 spiro atoms. The first-order valence-corrected chi connectivity index (χ1v) is 8.63. The number of rotatable bonds is 5. The van der Waals surface area contributed by atoms with E-state index in [9.17, 15) is 4.79 Å². The summed E-state index contributed by atoms with van der Waals surface area (Å²) in [5.74, 6) is 1.09. The quantitative estimate of drug-likeness (QED) is 0.523. The standard InChI is InChI=1S/C20H13ClN4O3/c21-15-6-2-14(3-7-15)19-24-12-17(28-19)27-16-8-4-13(5-9-16)18(26)25-20-22-10-1-11-23-20/h1-12H,(H,22,23,25,26). The topological polar surface area (TPSA) is 90.1 Å². The van der Waals surface area contributed by atoms with Gasteiger partial charge in [0.05, 0.1) is 0 Å². The lowest BCUT2D eigenvalue weighted by Gasteiger charge is -2.05. The van der Waals surface area contributed by atoms with E-state index in [1.165, 1.54) is 6.20 Å². The number of hydrogen-bond acceptors (Lipinski definition) is 6. The van der Waals surface area contributed by atoms with Crippen LogP contribution in [0.1, 0.15) is 10.4 Å². The van der Waals surface area contributed by atoms with E-state index in [0.29, 0.717) is 22.2 Å². The Morgan fingerprint density at radius 2 is 1.68 bits per heavy atom. The van der Waals surface area contributed by atoms with Gasteiger partial charge in [-0.2, -0.15) is 0 Å². The number of hydrogen-bond donors (Lipinski definition) is 1. The highest BCUT2D eigenvalue weighted by Crippen LogP contribution is 2.28. The van der Waals surface area contributed by atoms with Gasteiger partial charge in [-0.05, 0) is 54.6 Å². The average Bonchev–Trinajstić information content (AvgIpc) is 3.18. The van der Waals surface area contributed by atoms with Crippen LogP contribution in [-0.4, -0.2) is 20.9 Å². The number of nitrogens with zero attached hydrogens (tertiary/aromatic N) is 3. The maximum Gasteiger partial charge on any atom is 0.311 e. The van der Waals surface area contributed by atoms with E-state index in [2.05, 4.69) is 20.3 Å². The zero-order chi connectivity index (χ0) is 19.3. The molecule has 1 amide bonds. The van der Waals surface area contributed by atoms with Crippen LogP contribution in [0.5, 0.6) is 11.7 Å². The number of ether oxygens (including phenoxy) is 1. The number of anilines is 1. The van der Waals surface area contributed by atoms with E-state index in [-0.39, 0.29) is 17.8 Å². The molecule has 0 aliphatic rings. The Labute approximate surface area is 165 Å². The molecule has 28 heavy (non-hydrogen) atoms. The van der Waals surface area contributed by atoms with Crippen LogP contribution in [-0.2, 0) is 0 Å². The summed E-state index contributed by atoms with van der Waals surface area (Å²) in [6.45, 7) is 0. The highest BCUT2D eigenvalue weighted by atomic mass is 35.5. The summed E-state index contributed by atoms with van der Waals surface area (Å²) in [7, 11) is 0. The fourth-order valence-electron chi connectivity index (χ4n) is 2.36. The summed E-state index contributed by atoms with van der Waals surface area (Å²) in [6, 6.07) is 15.4. The van der Waals surface area contributed by atoms with Crippen LogP contribution in [0.15, 0.2) is 77.6 Å². The molecule has 8 heteroatoms. The van der Waals surface area contributed by atoms with Gasteiger partial charge < -0.3 is 9.15 Å². The first kappa shape index (κ1) is 17.7. The molecule has 2 heterocycles. The fourth-order valence-corrected chi connectivity index (χ4v) is 2.49. The number of carbonyl (C=O) groups is 1. The van der Waals surface area contributed by atoms with Crippen molar-refractivity contribution in [3.63, 3.8) is 0 Å². The predicted molar refractivity (Wildman–Crippen MR) is 103 cm³/mol. The zero-order valence-corrected chi connectivity index (χ0v) is 15.1. The van der Waals surface area contributed by atoms with Crippen molar-refractivity contribution in [3.05, 3.63) is 83.8 Å². The molecule has 4 rings (SSSR count). The van der Waals surface area contributed by atoms with Crippen molar-refractivity contribution in [2.45, 2.75) is 0 Å². The molecule has 1 N–H and O–H groups in total. The minimum absolute atomic E-state index is 0.236. The smallest absolute Gasteiger partial charge is 0.311 e. The van der Waals surface area contributed by atoms with Gasteiger partial charge in [-0.25, -0.2) is 15.0 Å². The van der Waals surface area contributed by atoms with Crippen LogP contribution in [0, 0.1) is 0 Å². The Morgan fingerprint density at radius 1 is 0.964 bits per heavy atom. The second-order valence-electron chi connectivity index (χ2n) is 5.64. The van der Waals surface area contributed by atoms with E-state index in [4.69, 9.17) is 20.8 Å². The molecule has 4 aromatic rings. The van der Waals surface area contributed by atoms with Gasteiger partial charge in [0.25, 0.3) is 5.91 Å². The van der Waals surface area contributed by atoms with Gasteiger partial charge in [-0.1, -0.05) is 11.6 Å². The molecule has 2 aromatic heterocycles. The number of oxazole rings is 1. The molecule has 0 bridgehead atoms. The maximum absolute atomic E-state index is 12.2. The lowest BCUT2D eigenvalue weighted by Crippen LogP contribution is -2.13. The van der Waals surface area contributed by atoms with E-state index in [0.717, 1.165) is 5.56 Å². The van der Waals surface area contributed by atoms with Crippen molar-refractivity contribution in [3.8, 4) is 23.1 Å². The van der Waals surface area contributed by atoms with E-state index in [1.807, 2.05) is 12.1 Å². The Hall–Kier alpha value is -3.71. The molecule has 0 aliphatic heterocycles. The zero-order valence-electron chi connectivity index (χ0n) is 14.4. The van der Waals surface area contributed by atoms with Crippen molar-refractivity contribution < 1.29 is 13.9 Å². The molecule has 0 saturated heterocycles. The molecular weight excluding hydrogens is 380 g/mol. The molecule has 0 unspecified atom stereocenters. The molecule has 0 radical (unpaired) electrons. The van der Waals surface area contributed by atoms with Gasteiger partial charge in [0.2, 0.25) is 11.8 Å². The molecule has 138 valence electrons. The summed E-state index contributed by atoms with van der Waals surface area (Å²) < 4.78 is 11.2.